The molecule has 84 valence electrons. The Morgan fingerprint density at radius 3 is 2.73 bits per heavy atom. The van der Waals surface area contributed by atoms with Gasteiger partial charge in [0, 0.05) is 9.75 Å². The molecule has 0 saturated heterocycles. The Balaban J connectivity index is 2.76. The number of rotatable bonds is 5. The van der Waals surface area contributed by atoms with Crippen LogP contribution >= 0.6 is 11.3 Å². The summed E-state index contributed by atoms with van der Waals surface area (Å²) in [7, 11) is 1.46. The molecule has 0 aliphatic rings. The molecule has 0 amide bonds. The molecule has 2 nitrogen and oxygen atoms in total. The maximum atomic E-state index is 11.6. The molecule has 0 radical (unpaired) electrons. The van der Waals surface area contributed by atoms with Gasteiger partial charge in [-0.3, -0.25) is 4.79 Å². The highest BCUT2D eigenvalue weighted by Gasteiger charge is 2.21. The van der Waals surface area contributed by atoms with E-state index in [0.29, 0.717) is 0 Å². The van der Waals surface area contributed by atoms with Crippen LogP contribution in [0, 0.1) is 6.92 Å². The molecule has 1 unspecified atom stereocenters. The quantitative estimate of drug-likeness (QED) is 0.718. The average Bonchev–Trinajstić information content (AvgIpc) is 2.65. The molecule has 0 aliphatic heterocycles. The second-order valence-corrected chi connectivity index (χ2v) is 4.99. The highest BCUT2D eigenvalue weighted by Crippen LogP contribution is 2.29. The predicted octanol–water partition coefficient (Wildman–Crippen LogP) is 3.50. The summed E-state index contributed by atoms with van der Waals surface area (Å²) in [6.45, 7) is 4.19. The van der Waals surface area contributed by atoms with Crippen LogP contribution in [-0.4, -0.2) is 13.1 Å². The molecule has 0 spiro atoms. The van der Waals surface area contributed by atoms with Gasteiger partial charge in [-0.25, -0.2) is 0 Å². The van der Waals surface area contributed by atoms with E-state index in [4.69, 9.17) is 4.74 Å². The number of thiophene rings is 1. The third-order valence-electron chi connectivity index (χ3n) is 2.44. The van der Waals surface area contributed by atoms with E-state index >= 15 is 0 Å². The van der Waals surface area contributed by atoms with E-state index in [1.807, 2.05) is 6.07 Å². The van der Waals surface area contributed by atoms with Crippen molar-refractivity contribution in [2.24, 2.45) is 0 Å². The molecule has 15 heavy (non-hydrogen) atoms. The third kappa shape index (κ3) is 3.34. The largest absolute Gasteiger partial charge is 0.469 e. The van der Waals surface area contributed by atoms with Gasteiger partial charge < -0.3 is 4.74 Å². The number of aryl methyl sites for hydroxylation is 1. The van der Waals surface area contributed by atoms with Crippen LogP contribution in [0.4, 0.5) is 0 Å². The van der Waals surface area contributed by atoms with Crippen molar-refractivity contribution in [1.82, 2.24) is 0 Å². The summed E-state index contributed by atoms with van der Waals surface area (Å²) in [6, 6.07) is 4.10. The molecule has 0 fully saturated rings. The smallest absolute Gasteiger partial charge is 0.313 e. The molecule has 0 saturated carbocycles. The molecule has 1 aromatic rings. The fourth-order valence-corrected chi connectivity index (χ4v) is 2.57. The zero-order valence-electron chi connectivity index (χ0n) is 9.58. The first kappa shape index (κ1) is 12.2. The number of hydrogen-bond donors (Lipinski definition) is 0. The lowest BCUT2D eigenvalue weighted by atomic mass is 10.0. The number of unbranched alkanes of at least 4 members (excludes halogenated alkanes) is 1. The minimum Gasteiger partial charge on any atom is -0.469 e. The van der Waals surface area contributed by atoms with E-state index in [9.17, 15) is 4.79 Å². The maximum absolute atomic E-state index is 11.6. The van der Waals surface area contributed by atoms with Crippen LogP contribution in [0.3, 0.4) is 0 Å². The van der Waals surface area contributed by atoms with Crippen molar-refractivity contribution in [3.05, 3.63) is 21.9 Å². The first-order chi connectivity index (χ1) is 7.19. The van der Waals surface area contributed by atoms with Gasteiger partial charge in [-0.15, -0.1) is 11.3 Å². The summed E-state index contributed by atoms with van der Waals surface area (Å²) in [4.78, 5) is 14.0. The van der Waals surface area contributed by atoms with Crippen molar-refractivity contribution in [3.8, 4) is 0 Å². The summed E-state index contributed by atoms with van der Waals surface area (Å²) in [6.07, 6.45) is 3.07. The van der Waals surface area contributed by atoms with Crippen LogP contribution in [0.2, 0.25) is 0 Å². The predicted molar refractivity (Wildman–Crippen MR) is 63.3 cm³/mol. The number of carbonyl (C=O) groups is 1. The molecule has 1 atom stereocenters. The molecule has 1 aromatic heterocycles. The van der Waals surface area contributed by atoms with Gasteiger partial charge in [-0.1, -0.05) is 19.8 Å². The SMILES string of the molecule is CCCCC(C(=O)OC)c1ccc(C)s1. The van der Waals surface area contributed by atoms with E-state index in [1.54, 1.807) is 11.3 Å². The average molecular weight is 226 g/mol. The number of hydrogen-bond acceptors (Lipinski definition) is 3. The van der Waals surface area contributed by atoms with Gasteiger partial charge in [0.1, 0.15) is 0 Å². The summed E-state index contributed by atoms with van der Waals surface area (Å²) in [5, 5.41) is 0. The first-order valence-corrected chi connectivity index (χ1v) is 6.14. The van der Waals surface area contributed by atoms with Gasteiger partial charge >= 0.3 is 5.97 Å². The highest BCUT2D eigenvalue weighted by molar-refractivity contribution is 7.12. The van der Waals surface area contributed by atoms with Crippen molar-refractivity contribution in [2.75, 3.05) is 7.11 Å². The van der Waals surface area contributed by atoms with Crippen molar-refractivity contribution < 1.29 is 9.53 Å². The van der Waals surface area contributed by atoms with E-state index in [1.165, 1.54) is 12.0 Å². The number of methoxy groups -OCH3 is 1. The van der Waals surface area contributed by atoms with Crippen molar-refractivity contribution in [1.29, 1.82) is 0 Å². The molecule has 0 bridgehead atoms. The summed E-state index contributed by atoms with van der Waals surface area (Å²) >= 11 is 1.69. The zero-order chi connectivity index (χ0) is 11.3. The van der Waals surface area contributed by atoms with E-state index in [-0.39, 0.29) is 11.9 Å². The molecule has 0 aliphatic carbocycles. The molecule has 3 heteroatoms. The van der Waals surface area contributed by atoms with Gasteiger partial charge in [-0.2, -0.15) is 0 Å². The standard InChI is InChI=1S/C12H18O2S/c1-4-5-6-10(12(13)14-3)11-8-7-9(2)15-11/h7-8,10H,4-6H2,1-3H3. The second kappa shape index (κ2) is 5.91. The Bertz CT molecular complexity index is 317. The number of ether oxygens (including phenoxy) is 1. The van der Waals surface area contributed by atoms with Crippen LogP contribution < -0.4 is 0 Å². The van der Waals surface area contributed by atoms with Gasteiger partial charge in [-0.05, 0) is 25.5 Å². The van der Waals surface area contributed by atoms with Crippen LogP contribution in [-0.2, 0) is 9.53 Å². The van der Waals surface area contributed by atoms with Crippen molar-refractivity contribution in [3.63, 3.8) is 0 Å². The van der Waals surface area contributed by atoms with Crippen LogP contribution in [0.15, 0.2) is 12.1 Å². The van der Waals surface area contributed by atoms with Gasteiger partial charge in [0.15, 0.2) is 0 Å². The fourth-order valence-electron chi connectivity index (χ4n) is 1.57. The zero-order valence-corrected chi connectivity index (χ0v) is 10.4. The summed E-state index contributed by atoms with van der Waals surface area (Å²) < 4.78 is 4.84. The molecule has 1 heterocycles. The lowest BCUT2D eigenvalue weighted by Crippen LogP contribution is -2.13. The molecule has 0 N–H and O–H groups in total. The number of esters is 1. The fraction of sp³-hybridized carbons (Fsp3) is 0.583. The van der Waals surface area contributed by atoms with Crippen LogP contribution in [0.1, 0.15) is 41.9 Å². The normalized spacial score (nSPS) is 12.5. The molecular formula is C12H18O2S. The maximum Gasteiger partial charge on any atom is 0.313 e. The third-order valence-corrected chi connectivity index (χ3v) is 3.55. The second-order valence-electron chi connectivity index (χ2n) is 3.67. The summed E-state index contributed by atoms with van der Waals surface area (Å²) in [5.74, 6) is -0.168. The minimum absolute atomic E-state index is 0.0614. The number of carbonyl (C=O) groups excluding carboxylic acids is 1. The monoisotopic (exact) mass is 226 g/mol. The van der Waals surface area contributed by atoms with E-state index < -0.39 is 0 Å². The Hall–Kier alpha value is -0.830. The Kier molecular flexibility index (Phi) is 4.82. The van der Waals surface area contributed by atoms with Gasteiger partial charge in [0.25, 0.3) is 0 Å². The minimum atomic E-state index is -0.106. The molecule has 0 aromatic carbocycles. The Labute approximate surface area is 95.3 Å². The first-order valence-electron chi connectivity index (χ1n) is 5.33. The topological polar surface area (TPSA) is 26.3 Å². The highest BCUT2D eigenvalue weighted by atomic mass is 32.1. The van der Waals surface area contributed by atoms with Gasteiger partial charge in [0.05, 0.1) is 13.0 Å². The van der Waals surface area contributed by atoms with E-state index in [0.717, 1.165) is 24.1 Å². The van der Waals surface area contributed by atoms with Crippen molar-refractivity contribution in [2.45, 2.75) is 39.0 Å². The Morgan fingerprint density at radius 1 is 1.53 bits per heavy atom. The Morgan fingerprint density at radius 2 is 2.27 bits per heavy atom. The van der Waals surface area contributed by atoms with Crippen LogP contribution in [0.5, 0.6) is 0 Å². The van der Waals surface area contributed by atoms with Crippen LogP contribution in [0.25, 0.3) is 0 Å². The van der Waals surface area contributed by atoms with E-state index in [2.05, 4.69) is 19.9 Å². The summed E-state index contributed by atoms with van der Waals surface area (Å²) in [5.41, 5.74) is 0. The molecule has 1 rings (SSSR count). The molecular weight excluding hydrogens is 208 g/mol. The lowest BCUT2D eigenvalue weighted by molar-refractivity contribution is -0.142. The lowest BCUT2D eigenvalue weighted by Gasteiger charge is -2.11. The van der Waals surface area contributed by atoms with Crippen molar-refractivity contribution >= 4 is 17.3 Å². The van der Waals surface area contributed by atoms with Gasteiger partial charge in [0.2, 0.25) is 0 Å².